The third kappa shape index (κ3) is 2.24. The highest BCUT2D eigenvalue weighted by Crippen LogP contribution is 2.21. The van der Waals surface area contributed by atoms with Gasteiger partial charge < -0.3 is 11.1 Å². The average molecular weight is 223 g/mol. The van der Waals surface area contributed by atoms with Gasteiger partial charge in [-0.3, -0.25) is 0 Å². The number of nitrogens with zero attached hydrogens (tertiary/aromatic N) is 1. The highest BCUT2D eigenvalue weighted by molar-refractivity contribution is 7.07. The first-order valence-electron chi connectivity index (χ1n) is 4.42. The summed E-state index contributed by atoms with van der Waals surface area (Å²) in [6, 6.07) is 4.70. The van der Waals surface area contributed by atoms with Gasteiger partial charge in [-0.2, -0.15) is 0 Å². The maximum atomic E-state index is 13.1. The number of anilines is 2. The molecule has 1 aromatic heterocycles. The highest BCUT2D eigenvalue weighted by atomic mass is 32.1. The molecule has 2 rings (SSSR count). The largest absolute Gasteiger partial charge is 0.395 e. The maximum Gasteiger partial charge on any atom is 0.148 e. The molecule has 15 heavy (non-hydrogen) atoms. The minimum absolute atomic E-state index is 0.146. The van der Waals surface area contributed by atoms with E-state index in [0.29, 0.717) is 12.2 Å². The van der Waals surface area contributed by atoms with Crippen molar-refractivity contribution in [3.8, 4) is 0 Å². The minimum atomic E-state index is -0.404. The molecule has 0 radical (unpaired) electrons. The van der Waals surface area contributed by atoms with Crippen molar-refractivity contribution in [3.63, 3.8) is 0 Å². The second kappa shape index (κ2) is 4.27. The summed E-state index contributed by atoms with van der Waals surface area (Å²) in [5.74, 6) is -0.404. The standard InChI is InChI=1S/C10H10FN3S/c11-8-2-1-3-9(10(8)12)13-4-7-5-15-6-14-7/h1-3,5-6,13H,4,12H2. The van der Waals surface area contributed by atoms with Gasteiger partial charge in [0.05, 0.1) is 29.1 Å². The van der Waals surface area contributed by atoms with Gasteiger partial charge in [-0.1, -0.05) is 6.07 Å². The Morgan fingerprint density at radius 1 is 1.47 bits per heavy atom. The molecule has 0 aliphatic rings. The molecule has 0 aliphatic carbocycles. The zero-order chi connectivity index (χ0) is 10.7. The van der Waals surface area contributed by atoms with Gasteiger partial charge in [0.1, 0.15) is 5.82 Å². The summed E-state index contributed by atoms with van der Waals surface area (Å²) in [7, 11) is 0. The number of thiazole rings is 1. The molecule has 5 heteroatoms. The molecule has 2 aromatic rings. The zero-order valence-corrected chi connectivity index (χ0v) is 8.72. The van der Waals surface area contributed by atoms with Gasteiger partial charge in [-0.15, -0.1) is 11.3 Å². The molecule has 3 N–H and O–H groups in total. The van der Waals surface area contributed by atoms with Gasteiger partial charge >= 0.3 is 0 Å². The van der Waals surface area contributed by atoms with E-state index in [1.54, 1.807) is 17.6 Å². The molecule has 1 aromatic carbocycles. The number of nitrogens with one attached hydrogen (secondary N) is 1. The van der Waals surface area contributed by atoms with Crippen molar-refractivity contribution < 1.29 is 4.39 Å². The first kappa shape index (κ1) is 9.92. The van der Waals surface area contributed by atoms with Crippen LogP contribution in [0.25, 0.3) is 0 Å². The molecule has 3 nitrogen and oxygen atoms in total. The third-order valence-corrected chi connectivity index (χ3v) is 2.63. The predicted octanol–water partition coefficient (Wildman–Crippen LogP) is 2.48. The van der Waals surface area contributed by atoms with E-state index in [1.807, 2.05) is 5.38 Å². The number of hydrogen-bond acceptors (Lipinski definition) is 4. The highest BCUT2D eigenvalue weighted by Gasteiger charge is 2.03. The molecule has 0 saturated carbocycles. The van der Waals surface area contributed by atoms with Gasteiger partial charge in [0, 0.05) is 5.38 Å². The number of benzene rings is 1. The molecule has 78 valence electrons. The molecular weight excluding hydrogens is 213 g/mol. The van der Waals surface area contributed by atoms with Crippen LogP contribution in [0.2, 0.25) is 0 Å². The summed E-state index contributed by atoms with van der Waals surface area (Å²) in [4.78, 5) is 4.10. The molecule has 0 atom stereocenters. The van der Waals surface area contributed by atoms with Crippen molar-refractivity contribution in [2.45, 2.75) is 6.54 Å². The van der Waals surface area contributed by atoms with Crippen LogP contribution in [-0.4, -0.2) is 4.98 Å². The van der Waals surface area contributed by atoms with Crippen LogP contribution in [0.15, 0.2) is 29.1 Å². The molecule has 0 bridgehead atoms. The van der Waals surface area contributed by atoms with E-state index >= 15 is 0 Å². The summed E-state index contributed by atoms with van der Waals surface area (Å²) in [5, 5.41) is 4.97. The lowest BCUT2D eigenvalue weighted by molar-refractivity contribution is 0.633. The number of halogens is 1. The molecule has 0 fully saturated rings. The van der Waals surface area contributed by atoms with Gasteiger partial charge in [-0.25, -0.2) is 9.37 Å². The Hall–Kier alpha value is -1.62. The average Bonchev–Trinajstić information content (AvgIpc) is 2.73. The van der Waals surface area contributed by atoms with E-state index in [-0.39, 0.29) is 5.69 Å². The zero-order valence-electron chi connectivity index (χ0n) is 7.90. The van der Waals surface area contributed by atoms with Crippen molar-refractivity contribution in [1.29, 1.82) is 0 Å². The molecule has 0 amide bonds. The fourth-order valence-corrected chi connectivity index (χ4v) is 1.76. The van der Waals surface area contributed by atoms with E-state index in [0.717, 1.165) is 5.69 Å². The van der Waals surface area contributed by atoms with Crippen LogP contribution < -0.4 is 11.1 Å². The first-order chi connectivity index (χ1) is 7.27. The molecule has 0 spiro atoms. The van der Waals surface area contributed by atoms with Crippen LogP contribution in [0.4, 0.5) is 15.8 Å². The van der Waals surface area contributed by atoms with Crippen LogP contribution >= 0.6 is 11.3 Å². The fourth-order valence-electron chi connectivity index (χ4n) is 1.20. The van der Waals surface area contributed by atoms with Crippen LogP contribution in [0.5, 0.6) is 0 Å². The minimum Gasteiger partial charge on any atom is -0.395 e. The lowest BCUT2D eigenvalue weighted by atomic mass is 10.2. The SMILES string of the molecule is Nc1c(F)cccc1NCc1cscn1. The van der Waals surface area contributed by atoms with Gasteiger partial charge in [-0.05, 0) is 12.1 Å². The van der Waals surface area contributed by atoms with E-state index < -0.39 is 5.82 Å². The number of nitrogens with two attached hydrogens (primary N) is 1. The van der Waals surface area contributed by atoms with Crippen LogP contribution in [0.1, 0.15) is 5.69 Å². The Labute approximate surface area is 90.8 Å². The Morgan fingerprint density at radius 3 is 3.07 bits per heavy atom. The Morgan fingerprint density at radius 2 is 2.33 bits per heavy atom. The normalized spacial score (nSPS) is 10.2. The number of aromatic nitrogens is 1. The summed E-state index contributed by atoms with van der Waals surface area (Å²) in [6.45, 7) is 0.553. The third-order valence-electron chi connectivity index (χ3n) is 2.00. The quantitative estimate of drug-likeness (QED) is 0.786. The summed E-state index contributed by atoms with van der Waals surface area (Å²) >= 11 is 1.53. The molecule has 1 heterocycles. The summed E-state index contributed by atoms with van der Waals surface area (Å²) in [5.41, 5.74) is 8.99. The predicted molar refractivity (Wildman–Crippen MR) is 60.3 cm³/mol. The van der Waals surface area contributed by atoms with E-state index in [1.165, 1.54) is 17.4 Å². The monoisotopic (exact) mass is 223 g/mol. The van der Waals surface area contributed by atoms with Crippen molar-refractivity contribution in [2.24, 2.45) is 0 Å². The lowest BCUT2D eigenvalue weighted by Crippen LogP contribution is -2.03. The van der Waals surface area contributed by atoms with E-state index in [2.05, 4.69) is 10.3 Å². The number of para-hydroxylation sites is 1. The first-order valence-corrected chi connectivity index (χ1v) is 5.36. The molecule has 0 unspecified atom stereocenters. The lowest BCUT2D eigenvalue weighted by Gasteiger charge is -2.07. The summed E-state index contributed by atoms with van der Waals surface area (Å²) in [6.07, 6.45) is 0. The molecular formula is C10H10FN3S. The summed E-state index contributed by atoms with van der Waals surface area (Å²) < 4.78 is 13.1. The van der Waals surface area contributed by atoms with E-state index in [4.69, 9.17) is 5.73 Å². The van der Waals surface area contributed by atoms with Gasteiger partial charge in [0.2, 0.25) is 0 Å². The maximum absolute atomic E-state index is 13.1. The number of rotatable bonds is 3. The van der Waals surface area contributed by atoms with Gasteiger partial charge in [0.15, 0.2) is 0 Å². The van der Waals surface area contributed by atoms with Crippen molar-refractivity contribution >= 4 is 22.7 Å². The smallest absolute Gasteiger partial charge is 0.148 e. The van der Waals surface area contributed by atoms with Crippen molar-refractivity contribution in [1.82, 2.24) is 4.98 Å². The number of hydrogen-bond donors (Lipinski definition) is 2. The second-order valence-corrected chi connectivity index (χ2v) is 3.75. The van der Waals surface area contributed by atoms with Crippen LogP contribution in [0, 0.1) is 5.82 Å². The Balaban J connectivity index is 2.08. The Bertz CT molecular complexity index is 442. The van der Waals surface area contributed by atoms with Crippen LogP contribution in [0.3, 0.4) is 0 Å². The Kier molecular flexibility index (Phi) is 2.82. The van der Waals surface area contributed by atoms with Crippen molar-refractivity contribution in [2.75, 3.05) is 11.1 Å². The van der Waals surface area contributed by atoms with Crippen LogP contribution in [-0.2, 0) is 6.54 Å². The van der Waals surface area contributed by atoms with Crippen molar-refractivity contribution in [3.05, 3.63) is 40.6 Å². The second-order valence-electron chi connectivity index (χ2n) is 3.03. The number of nitrogen functional groups attached to an aromatic ring is 1. The van der Waals surface area contributed by atoms with Gasteiger partial charge in [0.25, 0.3) is 0 Å². The fraction of sp³-hybridized carbons (Fsp3) is 0.100. The molecule has 0 aliphatic heterocycles. The van der Waals surface area contributed by atoms with E-state index in [9.17, 15) is 4.39 Å². The topological polar surface area (TPSA) is 50.9 Å². The molecule has 0 saturated heterocycles.